The Bertz CT molecular complexity index is 729. The zero-order chi connectivity index (χ0) is 17.5. The number of alkyl halides is 3. The fraction of sp³-hybridized carbons (Fsp3) is 0.556. The van der Waals surface area contributed by atoms with Crippen molar-refractivity contribution in [1.29, 1.82) is 0 Å². The van der Waals surface area contributed by atoms with E-state index in [1.165, 1.54) is 29.2 Å². The molecule has 6 rings (SSSR count). The third kappa shape index (κ3) is 2.27. The second kappa shape index (κ2) is 5.02. The highest BCUT2D eigenvalue weighted by molar-refractivity contribution is 8.00. The second-order valence-electron chi connectivity index (χ2n) is 7.57. The molecule has 0 spiro atoms. The average Bonchev–Trinajstić information content (AvgIpc) is 3.32. The van der Waals surface area contributed by atoms with Crippen molar-refractivity contribution < 1.29 is 22.8 Å². The largest absolute Gasteiger partial charge is 0.446 e. The van der Waals surface area contributed by atoms with Crippen molar-refractivity contribution in [1.82, 2.24) is 0 Å². The molecule has 1 aliphatic heterocycles. The van der Waals surface area contributed by atoms with Gasteiger partial charge in [-0.1, -0.05) is 0 Å². The summed E-state index contributed by atoms with van der Waals surface area (Å²) in [6.45, 7) is 0. The van der Waals surface area contributed by atoms with E-state index in [1.807, 2.05) is 0 Å². The molecule has 1 saturated heterocycles. The van der Waals surface area contributed by atoms with Gasteiger partial charge in [0, 0.05) is 4.90 Å². The Morgan fingerprint density at radius 2 is 1.40 bits per heavy atom. The van der Waals surface area contributed by atoms with E-state index in [4.69, 9.17) is 0 Å². The van der Waals surface area contributed by atoms with Crippen LogP contribution in [0.2, 0.25) is 0 Å². The summed E-state index contributed by atoms with van der Waals surface area (Å²) < 4.78 is 37.3. The minimum Gasteiger partial charge on any atom is -0.274 e. The van der Waals surface area contributed by atoms with Gasteiger partial charge < -0.3 is 0 Å². The molecule has 6 atom stereocenters. The number of carbonyl (C=O) groups excluding carboxylic acids is 2. The predicted octanol–water partition coefficient (Wildman–Crippen LogP) is 4.08. The van der Waals surface area contributed by atoms with Crippen LogP contribution in [0.5, 0.6) is 0 Å². The second-order valence-corrected chi connectivity index (χ2v) is 8.71. The van der Waals surface area contributed by atoms with Crippen LogP contribution in [-0.2, 0) is 9.59 Å². The Morgan fingerprint density at radius 1 is 0.880 bits per heavy atom. The first-order valence-corrected chi connectivity index (χ1v) is 9.40. The molecule has 3 nitrogen and oxygen atoms in total. The summed E-state index contributed by atoms with van der Waals surface area (Å²) in [7, 11) is 0. The first kappa shape index (κ1) is 15.7. The molecule has 0 radical (unpaired) electrons. The Balaban J connectivity index is 1.43. The van der Waals surface area contributed by atoms with Crippen LogP contribution in [0.1, 0.15) is 19.3 Å². The summed E-state index contributed by atoms with van der Waals surface area (Å²) in [6, 6.07) is 5.54. The standard InChI is InChI=1S/C18H16F3NO2S/c19-18(20,21)25-9-3-1-8(2-4-9)22-16(23)14-10-5-6-11(13-7-12(10)13)15(14)17(22)24/h1-4,10-15H,5-7H2. The molecule has 1 aromatic rings. The molecule has 2 amide bonds. The highest BCUT2D eigenvalue weighted by Gasteiger charge is 2.68. The number of benzene rings is 1. The molecule has 0 aromatic heterocycles. The third-order valence-electron chi connectivity index (χ3n) is 6.47. The number of carbonyl (C=O) groups is 2. The van der Waals surface area contributed by atoms with Gasteiger partial charge in [0.1, 0.15) is 0 Å². The minimum absolute atomic E-state index is 0.0501. The van der Waals surface area contributed by atoms with Crippen LogP contribution in [-0.4, -0.2) is 17.3 Å². The van der Waals surface area contributed by atoms with Gasteiger partial charge in [-0.25, -0.2) is 0 Å². The van der Waals surface area contributed by atoms with Crippen LogP contribution >= 0.6 is 11.8 Å². The van der Waals surface area contributed by atoms with Gasteiger partial charge in [0.25, 0.3) is 0 Å². The van der Waals surface area contributed by atoms with E-state index in [2.05, 4.69) is 0 Å². The van der Waals surface area contributed by atoms with E-state index in [9.17, 15) is 22.8 Å². The molecule has 7 heteroatoms. The number of hydrogen-bond acceptors (Lipinski definition) is 3. The number of rotatable bonds is 2. The highest BCUT2D eigenvalue weighted by Crippen LogP contribution is 2.68. The van der Waals surface area contributed by atoms with Crippen molar-refractivity contribution in [2.45, 2.75) is 29.7 Å². The quantitative estimate of drug-likeness (QED) is 0.584. The number of amides is 2. The molecule has 4 aliphatic carbocycles. The van der Waals surface area contributed by atoms with Crippen LogP contribution in [0.4, 0.5) is 18.9 Å². The molecular weight excluding hydrogens is 351 g/mol. The van der Waals surface area contributed by atoms with Crippen molar-refractivity contribution >= 4 is 29.3 Å². The normalized spacial score (nSPS) is 38.8. The molecule has 0 N–H and O–H groups in total. The zero-order valence-electron chi connectivity index (χ0n) is 13.2. The maximum Gasteiger partial charge on any atom is 0.446 e. The lowest BCUT2D eigenvalue weighted by atomic mass is 9.59. The van der Waals surface area contributed by atoms with Gasteiger partial charge in [0.2, 0.25) is 11.8 Å². The van der Waals surface area contributed by atoms with Gasteiger partial charge in [0.05, 0.1) is 17.5 Å². The molecular formula is C18H16F3NO2S. The number of thioether (sulfide) groups is 1. The Hall–Kier alpha value is -1.50. The van der Waals surface area contributed by atoms with Crippen molar-refractivity contribution in [3.8, 4) is 0 Å². The smallest absolute Gasteiger partial charge is 0.274 e. The van der Waals surface area contributed by atoms with Gasteiger partial charge in [-0.15, -0.1) is 0 Å². The number of fused-ring (bicyclic) bond motifs is 1. The van der Waals surface area contributed by atoms with E-state index in [1.54, 1.807) is 0 Å². The summed E-state index contributed by atoms with van der Waals surface area (Å²) in [4.78, 5) is 27.2. The topological polar surface area (TPSA) is 37.4 Å². The predicted molar refractivity (Wildman–Crippen MR) is 85.6 cm³/mol. The van der Waals surface area contributed by atoms with Crippen molar-refractivity contribution in [3.63, 3.8) is 0 Å². The minimum atomic E-state index is -4.35. The maximum atomic E-state index is 12.9. The summed E-state index contributed by atoms with van der Waals surface area (Å²) in [5, 5.41) is 0. The van der Waals surface area contributed by atoms with Crippen LogP contribution < -0.4 is 4.90 Å². The number of nitrogens with zero attached hydrogens (tertiary/aromatic N) is 1. The molecule has 6 unspecified atom stereocenters. The molecule has 2 bridgehead atoms. The van der Waals surface area contributed by atoms with Crippen LogP contribution in [0.25, 0.3) is 0 Å². The number of hydrogen-bond donors (Lipinski definition) is 0. The summed E-state index contributed by atoms with van der Waals surface area (Å²) in [6.07, 6.45) is 3.22. The molecule has 25 heavy (non-hydrogen) atoms. The maximum absolute atomic E-state index is 12.9. The highest BCUT2D eigenvalue weighted by atomic mass is 32.2. The average molecular weight is 367 g/mol. The fourth-order valence-corrected chi connectivity index (χ4v) is 6.13. The van der Waals surface area contributed by atoms with E-state index < -0.39 is 5.51 Å². The van der Waals surface area contributed by atoms with E-state index in [0.717, 1.165) is 19.3 Å². The van der Waals surface area contributed by atoms with Crippen molar-refractivity contribution in [2.75, 3.05) is 4.90 Å². The van der Waals surface area contributed by atoms with Gasteiger partial charge in [-0.2, -0.15) is 13.2 Å². The van der Waals surface area contributed by atoms with Gasteiger partial charge in [-0.3, -0.25) is 14.5 Å². The first-order chi connectivity index (χ1) is 11.8. The summed E-state index contributed by atoms with van der Waals surface area (Å²) >= 11 is -0.198. The van der Waals surface area contributed by atoms with Gasteiger partial charge in [0.15, 0.2) is 0 Å². The lowest BCUT2D eigenvalue weighted by Crippen LogP contribution is -2.43. The van der Waals surface area contributed by atoms with Crippen LogP contribution in [0.15, 0.2) is 29.2 Å². The van der Waals surface area contributed by atoms with Crippen LogP contribution in [0, 0.1) is 35.5 Å². The SMILES string of the molecule is O=C1C2C3CCC(C4CC43)C2C(=O)N1c1ccc(SC(F)(F)F)cc1. The Labute approximate surface area is 146 Å². The molecule has 1 heterocycles. The molecule has 4 saturated carbocycles. The van der Waals surface area contributed by atoms with Crippen molar-refractivity contribution in [2.24, 2.45) is 35.5 Å². The number of anilines is 1. The lowest BCUT2D eigenvalue weighted by Gasteiger charge is -2.42. The first-order valence-electron chi connectivity index (χ1n) is 8.59. The lowest BCUT2D eigenvalue weighted by molar-refractivity contribution is -0.129. The summed E-state index contributed by atoms with van der Waals surface area (Å²) in [5.41, 5.74) is -3.96. The van der Waals surface area contributed by atoms with Gasteiger partial charge >= 0.3 is 5.51 Å². The van der Waals surface area contributed by atoms with E-state index in [0.29, 0.717) is 29.4 Å². The Kier molecular flexibility index (Phi) is 3.16. The molecule has 5 aliphatic rings. The van der Waals surface area contributed by atoms with Crippen molar-refractivity contribution in [3.05, 3.63) is 24.3 Å². The molecule has 1 aromatic carbocycles. The Morgan fingerprint density at radius 3 is 1.88 bits per heavy atom. The van der Waals surface area contributed by atoms with Crippen LogP contribution in [0.3, 0.4) is 0 Å². The van der Waals surface area contributed by atoms with Gasteiger partial charge in [-0.05, 0) is 79.0 Å². The van der Waals surface area contributed by atoms with E-state index >= 15 is 0 Å². The number of imide groups is 1. The molecule has 5 fully saturated rings. The third-order valence-corrected chi connectivity index (χ3v) is 7.21. The fourth-order valence-electron chi connectivity index (χ4n) is 5.59. The zero-order valence-corrected chi connectivity index (χ0v) is 14.0. The van der Waals surface area contributed by atoms with E-state index in [-0.39, 0.29) is 40.3 Å². The summed E-state index contributed by atoms with van der Waals surface area (Å²) in [5.74, 6) is 1.16. The monoisotopic (exact) mass is 367 g/mol. The number of halogens is 3. The molecule has 132 valence electrons.